The summed E-state index contributed by atoms with van der Waals surface area (Å²) in [5.41, 5.74) is 2.74. The number of hydrogen-bond donors (Lipinski definition) is 0. The normalized spacial score (nSPS) is 13.4. The van der Waals surface area contributed by atoms with Crippen LogP contribution in [-0.4, -0.2) is 6.79 Å². The van der Waals surface area contributed by atoms with Crippen molar-refractivity contribution in [2.24, 2.45) is 0 Å². The van der Waals surface area contributed by atoms with Crippen LogP contribution in [0, 0.1) is 6.92 Å². The Hall–Kier alpha value is -2.50. The molecule has 25 heavy (non-hydrogen) atoms. The van der Waals surface area contributed by atoms with Gasteiger partial charge in [0, 0.05) is 33.7 Å². The summed E-state index contributed by atoms with van der Waals surface area (Å²) in [7, 11) is 0. The maximum absolute atomic E-state index is 11.5. The van der Waals surface area contributed by atoms with Crippen molar-refractivity contribution in [2.75, 3.05) is 6.79 Å². The molecule has 6 heteroatoms. The highest BCUT2D eigenvalue weighted by Gasteiger charge is 2.17. The minimum absolute atomic E-state index is 0.210. The van der Waals surface area contributed by atoms with Crippen molar-refractivity contribution in [3.63, 3.8) is 0 Å². The molecule has 2 heterocycles. The van der Waals surface area contributed by atoms with Gasteiger partial charge in [-0.1, -0.05) is 11.6 Å². The van der Waals surface area contributed by atoms with Crippen LogP contribution in [0.4, 0.5) is 0 Å². The fourth-order valence-electron chi connectivity index (χ4n) is 2.92. The summed E-state index contributed by atoms with van der Waals surface area (Å²) in [4.78, 5) is 11.5. The second kappa shape index (κ2) is 6.43. The predicted molar refractivity (Wildman–Crippen MR) is 93.3 cm³/mol. The third-order valence-corrected chi connectivity index (χ3v) is 4.29. The van der Waals surface area contributed by atoms with Crippen molar-refractivity contribution in [3.8, 4) is 11.5 Å². The number of fused-ring (bicyclic) bond motifs is 2. The molecule has 0 unspecified atom stereocenters. The van der Waals surface area contributed by atoms with Crippen molar-refractivity contribution in [1.82, 2.24) is 0 Å². The van der Waals surface area contributed by atoms with Crippen molar-refractivity contribution in [2.45, 2.75) is 20.1 Å². The first kappa shape index (κ1) is 16.0. The van der Waals surface area contributed by atoms with E-state index in [0.717, 1.165) is 27.8 Å². The van der Waals surface area contributed by atoms with Gasteiger partial charge in [0.2, 0.25) is 0 Å². The van der Waals surface area contributed by atoms with Crippen molar-refractivity contribution < 1.29 is 18.6 Å². The summed E-state index contributed by atoms with van der Waals surface area (Å²) in [6.45, 7) is 2.83. The molecule has 0 atom stereocenters. The van der Waals surface area contributed by atoms with Gasteiger partial charge in [-0.25, -0.2) is 4.79 Å². The smallest absolute Gasteiger partial charge is 0.336 e. The minimum atomic E-state index is -0.375. The van der Waals surface area contributed by atoms with Gasteiger partial charge in [0.05, 0.1) is 6.61 Å². The average Bonchev–Trinajstić information content (AvgIpc) is 2.59. The summed E-state index contributed by atoms with van der Waals surface area (Å²) >= 11 is 6.16. The Morgan fingerprint density at radius 1 is 1.20 bits per heavy atom. The van der Waals surface area contributed by atoms with Crippen molar-refractivity contribution in [3.05, 3.63) is 68.5 Å². The first-order valence-electron chi connectivity index (χ1n) is 7.79. The second-order valence-electron chi connectivity index (χ2n) is 5.86. The summed E-state index contributed by atoms with van der Waals surface area (Å²) in [6.07, 6.45) is 0. The molecule has 3 aromatic rings. The van der Waals surface area contributed by atoms with Crippen LogP contribution < -0.4 is 15.1 Å². The molecule has 0 radical (unpaired) electrons. The van der Waals surface area contributed by atoms with E-state index in [9.17, 15) is 4.79 Å². The van der Waals surface area contributed by atoms with Gasteiger partial charge in [0.25, 0.3) is 0 Å². The molecular weight excluding hydrogens is 344 g/mol. The minimum Gasteiger partial charge on any atom is -0.489 e. The second-order valence-corrected chi connectivity index (χ2v) is 6.30. The van der Waals surface area contributed by atoms with E-state index < -0.39 is 0 Å². The largest absolute Gasteiger partial charge is 0.489 e. The predicted octanol–water partition coefficient (Wildman–Crippen LogP) is 4.20. The first-order chi connectivity index (χ1) is 12.1. The third-order valence-electron chi connectivity index (χ3n) is 4.07. The summed E-state index contributed by atoms with van der Waals surface area (Å²) in [6, 6.07) is 10.5. The molecule has 4 rings (SSSR count). The highest BCUT2D eigenvalue weighted by Crippen LogP contribution is 2.32. The monoisotopic (exact) mass is 358 g/mol. The Labute approximate surface area is 148 Å². The van der Waals surface area contributed by atoms with Crippen molar-refractivity contribution >= 4 is 22.6 Å². The van der Waals surface area contributed by atoms with E-state index in [4.69, 9.17) is 30.2 Å². The third kappa shape index (κ3) is 3.21. The van der Waals surface area contributed by atoms with Gasteiger partial charge in [-0.05, 0) is 36.8 Å². The van der Waals surface area contributed by atoms with Crippen LogP contribution in [0.25, 0.3) is 11.0 Å². The molecule has 0 saturated carbocycles. The molecule has 5 nitrogen and oxygen atoms in total. The Balaban J connectivity index is 1.63. The molecule has 2 aromatic carbocycles. The Kier molecular flexibility index (Phi) is 4.11. The van der Waals surface area contributed by atoms with E-state index >= 15 is 0 Å². The number of halogens is 1. The summed E-state index contributed by atoms with van der Waals surface area (Å²) in [5, 5.41) is 1.49. The molecule has 128 valence electrons. The van der Waals surface area contributed by atoms with Crippen molar-refractivity contribution in [1.29, 1.82) is 0 Å². The number of hydrogen-bond acceptors (Lipinski definition) is 5. The summed E-state index contributed by atoms with van der Waals surface area (Å²) < 4.78 is 22.0. The Bertz CT molecular complexity index is 1010. The molecule has 0 aliphatic carbocycles. The van der Waals surface area contributed by atoms with Crippen LogP contribution in [-0.2, 0) is 18.0 Å². The zero-order valence-electron chi connectivity index (χ0n) is 13.5. The highest BCUT2D eigenvalue weighted by atomic mass is 35.5. The average molecular weight is 359 g/mol. The van der Waals surface area contributed by atoms with E-state index in [1.807, 2.05) is 31.2 Å². The molecule has 1 aromatic heterocycles. The number of rotatable bonds is 3. The van der Waals surface area contributed by atoms with Gasteiger partial charge in [-0.15, -0.1) is 0 Å². The maximum atomic E-state index is 11.5. The number of ether oxygens (including phenoxy) is 3. The summed E-state index contributed by atoms with van der Waals surface area (Å²) in [5.74, 6) is 1.35. The molecule has 1 aliphatic heterocycles. The van der Waals surface area contributed by atoms with Crippen LogP contribution in [0.3, 0.4) is 0 Å². The molecule has 0 saturated heterocycles. The van der Waals surface area contributed by atoms with Gasteiger partial charge < -0.3 is 18.6 Å². The van der Waals surface area contributed by atoms with Gasteiger partial charge >= 0.3 is 5.63 Å². The lowest BCUT2D eigenvalue weighted by Gasteiger charge is -2.21. The maximum Gasteiger partial charge on any atom is 0.336 e. The first-order valence-corrected chi connectivity index (χ1v) is 8.17. The fraction of sp³-hybridized carbons (Fsp3) is 0.211. The molecular formula is C19H15ClO5. The quantitative estimate of drug-likeness (QED) is 0.657. The zero-order valence-corrected chi connectivity index (χ0v) is 14.3. The molecule has 1 aliphatic rings. The van der Waals surface area contributed by atoms with Crippen LogP contribution in [0.15, 0.2) is 45.6 Å². The molecule has 0 bridgehead atoms. The van der Waals surface area contributed by atoms with Gasteiger partial charge in [0.15, 0.2) is 6.79 Å². The molecule has 0 amide bonds. The van der Waals surface area contributed by atoms with Crippen LogP contribution in [0.1, 0.15) is 16.7 Å². The van der Waals surface area contributed by atoms with E-state index in [2.05, 4.69) is 0 Å². The molecule has 0 spiro atoms. The van der Waals surface area contributed by atoms with Gasteiger partial charge in [-0.2, -0.15) is 0 Å². The van der Waals surface area contributed by atoms with Gasteiger partial charge in [-0.3, -0.25) is 0 Å². The molecule has 0 N–H and O–H groups in total. The van der Waals surface area contributed by atoms with Crippen LogP contribution in [0.2, 0.25) is 5.02 Å². The van der Waals surface area contributed by atoms with Crippen LogP contribution in [0.5, 0.6) is 11.5 Å². The zero-order chi connectivity index (χ0) is 17.4. The van der Waals surface area contributed by atoms with E-state index in [1.165, 1.54) is 6.07 Å². The topological polar surface area (TPSA) is 57.9 Å². The lowest BCUT2D eigenvalue weighted by Crippen LogP contribution is -2.14. The fourth-order valence-corrected chi connectivity index (χ4v) is 3.18. The van der Waals surface area contributed by atoms with E-state index in [0.29, 0.717) is 23.0 Å². The number of aryl methyl sites for hydroxylation is 1. The highest BCUT2D eigenvalue weighted by molar-refractivity contribution is 6.30. The Morgan fingerprint density at radius 3 is 2.96 bits per heavy atom. The molecule has 0 fully saturated rings. The Morgan fingerprint density at radius 2 is 2.08 bits per heavy atom. The number of benzene rings is 2. The lowest BCUT2D eigenvalue weighted by molar-refractivity contribution is -0.0175. The van der Waals surface area contributed by atoms with Crippen LogP contribution >= 0.6 is 11.6 Å². The SMILES string of the molecule is Cc1cc(=O)oc2cc(OCc3cc(Cl)cc4c3OCOC4)ccc12. The van der Waals surface area contributed by atoms with E-state index in [1.54, 1.807) is 6.07 Å². The van der Waals surface area contributed by atoms with Gasteiger partial charge in [0.1, 0.15) is 23.7 Å². The lowest BCUT2D eigenvalue weighted by atomic mass is 10.1. The van der Waals surface area contributed by atoms with E-state index in [-0.39, 0.29) is 19.0 Å². The standard InChI is InChI=1S/C19H15ClO5/c1-11-4-18(21)25-17-7-15(2-3-16(11)17)23-9-13-6-14(20)5-12-8-22-10-24-19(12)13/h2-7H,8-10H2,1H3.